The van der Waals surface area contributed by atoms with Crippen molar-refractivity contribution in [3.8, 4) is 0 Å². The Morgan fingerprint density at radius 3 is 2.27 bits per heavy atom. The molecule has 1 aliphatic rings. The molecule has 0 radical (unpaired) electrons. The van der Waals surface area contributed by atoms with E-state index in [-0.39, 0.29) is 24.9 Å². The zero-order valence-electron chi connectivity index (χ0n) is 18.2. The predicted molar refractivity (Wildman–Crippen MR) is 123 cm³/mol. The normalized spacial score (nSPS) is 15.1. The maximum Gasteiger partial charge on any atom is 0.309 e. The molecule has 0 aliphatic carbocycles. The predicted octanol–water partition coefficient (Wildman–Crippen LogP) is 2.71. The van der Waals surface area contributed by atoms with Gasteiger partial charge in [-0.05, 0) is 29.8 Å². The topological polar surface area (TPSA) is 77.8 Å². The molecule has 2 N–H and O–H groups in total. The maximum atomic E-state index is 14.2. The number of hydrogen-bond acceptors (Lipinski definition) is 5. The first-order chi connectivity index (χ1) is 16.1. The van der Waals surface area contributed by atoms with Crippen LogP contribution in [0.4, 0.5) is 10.1 Å². The number of benzene rings is 2. The summed E-state index contributed by atoms with van der Waals surface area (Å²) in [5, 5.41) is 5.37. The molecule has 4 rings (SSSR count). The third-order valence-electron chi connectivity index (χ3n) is 5.78. The lowest BCUT2D eigenvalue weighted by Gasteiger charge is -2.39. The van der Waals surface area contributed by atoms with Crippen molar-refractivity contribution in [3.05, 3.63) is 90.1 Å². The lowest BCUT2D eigenvalue weighted by Crippen LogP contribution is -2.51. The van der Waals surface area contributed by atoms with Crippen molar-refractivity contribution in [2.45, 2.75) is 12.6 Å². The molecule has 2 aromatic carbocycles. The minimum absolute atomic E-state index is 0.227. The van der Waals surface area contributed by atoms with Crippen molar-refractivity contribution in [2.75, 3.05) is 37.6 Å². The van der Waals surface area contributed by atoms with Crippen molar-refractivity contribution in [2.24, 2.45) is 0 Å². The number of para-hydroxylation sites is 1. The van der Waals surface area contributed by atoms with Crippen molar-refractivity contribution >= 4 is 17.5 Å². The Hall–Kier alpha value is -3.65. The summed E-state index contributed by atoms with van der Waals surface area (Å²) < 4.78 is 19.8. The van der Waals surface area contributed by atoms with Gasteiger partial charge < -0.3 is 20.0 Å². The van der Waals surface area contributed by atoms with E-state index in [1.165, 1.54) is 6.07 Å². The highest BCUT2D eigenvalue weighted by atomic mass is 19.1. The van der Waals surface area contributed by atoms with Crippen molar-refractivity contribution < 1.29 is 18.4 Å². The fraction of sp³-hybridized carbons (Fsp3) is 0.280. The molecule has 172 valence electrons. The average molecular weight is 451 g/mol. The fourth-order valence-electron chi connectivity index (χ4n) is 4.00. The van der Waals surface area contributed by atoms with Gasteiger partial charge in [-0.15, -0.1) is 0 Å². The summed E-state index contributed by atoms with van der Waals surface area (Å²) >= 11 is 0. The van der Waals surface area contributed by atoms with Crippen LogP contribution in [0.15, 0.2) is 77.4 Å². The van der Waals surface area contributed by atoms with Crippen LogP contribution in [-0.4, -0.2) is 49.4 Å². The second-order valence-corrected chi connectivity index (χ2v) is 7.88. The van der Waals surface area contributed by atoms with E-state index in [2.05, 4.69) is 15.5 Å². The maximum absolute atomic E-state index is 14.2. The highest BCUT2D eigenvalue weighted by molar-refractivity contribution is 6.35. The molecule has 1 fully saturated rings. The molecule has 33 heavy (non-hydrogen) atoms. The van der Waals surface area contributed by atoms with Crippen LogP contribution in [0.2, 0.25) is 0 Å². The Balaban J connectivity index is 1.33. The summed E-state index contributed by atoms with van der Waals surface area (Å²) in [5.74, 6) is -0.893. The first kappa shape index (κ1) is 22.5. The second kappa shape index (κ2) is 10.8. The number of amides is 2. The number of anilines is 1. The van der Waals surface area contributed by atoms with Crippen molar-refractivity contribution in [1.82, 2.24) is 15.5 Å². The average Bonchev–Trinajstić information content (AvgIpc) is 3.39. The van der Waals surface area contributed by atoms with E-state index in [1.54, 1.807) is 24.5 Å². The number of piperazine rings is 1. The van der Waals surface area contributed by atoms with E-state index < -0.39 is 11.8 Å². The number of hydrogen-bond donors (Lipinski definition) is 2. The van der Waals surface area contributed by atoms with E-state index in [1.807, 2.05) is 47.4 Å². The number of nitrogens with zero attached hydrogens (tertiary/aromatic N) is 2. The summed E-state index contributed by atoms with van der Waals surface area (Å²) in [6, 6.07) is 19.6. The van der Waals surface area contributed by atoms with Crippen LogP contribution >= 0.6 is 0 Å². The van der Waals surface area contributed by atoms with Gasteiger partial charge in [0, 0.05) is 39.3 Å². The Morgan fingerprint density at radius 2 is 1.58 bits per heavy atom. The zero-order chi connectivity index (χ0) is 23.0. The molecule has 1 aliphatic heterocycles. The number of carbonyl (C=O) groups is 2. The Kier molecular flexibility index (Phi) is 7.36. The third-order valence-corrected chi connectivity index (χ3v) is 5.78. The summed E-state index contributed by atoms with van der Waals surface area (Å²) in [6.45, 7) is 3.12. The van der Waals surface area contributed by atoms with Gasteiger partial charge in [-0.3, -0.25) is 14.5 Å². The minimum atomic E-state index is -0.688. The molecule has 2 amide bonds. The molecular weight excluding hydrogens is 423 g/mol. The molecule has 1 saturated heterocycles. The van der Waals surface area contributed by atoms with Gasteiger partial charge in [-0.25, -0.2) is 4.39 Å². The van der Waals surface area contributed by atoms with Gasteiger partial charge in [0.05, 0.1) is 18.0 Å². The van der Waals surface area contributed by atoms with E-state index in [9.17, 15) is 14.0 Å². The summed E-state index contributed by atoms with van der Waals surface area (Å²) in [6.07, 6.45) is 1.59. The van der Waals surface area contributed by atoms with Crippen LogP contribution in [-0.2, 0) is 16.1 Å². The van der Waals surface area contributed by atoms with Crippen molar-refractivity contribution in [1.29, 1.82) is 0 Å². The third kappa shape index (κ3) is 5.78. The van der Waals surface area contributed by atoms with Gasteiger partial charge in [-0.1, -0.05) is 42.5 Å². The number of halogens is 1. The summed E-state index contributed by atoms with van der Waals surface area (Å²) in [7, 11) is 0. The number of nitrogens with one attached hydrogen (secondary N) is 2. The molecule has 2 heterocycles. The van der Waals surface area contributed by atoms with E-state index in [0.29, 0.717) is 37.6 Å². The monoisotopic (exact) mass is 450 g/mol. The van der Waals surface area contributed by atoms with Crippen LogP contribution < -0.4 is 15.5 Å². The van der Waals surface area contributed by atoms with Crippen molar-refractivity contribution in [3.63, 3.8) is 0 Å². The van der Waals surface area contributed by atoms with Gasteiger partial charge in [0.25, 0.3) is 0 Å². The van der Waals surface area contributed by atoms with Crippen LogP contribution in [0, 0.1) is 5.82 Å². The molecule has 8 heteroatoms. The van der Waals surface area contributed by atoms with Gasteiger partial charge in [-0.2, -0.15) is 0 Å². The second-order valence-electron chi connectivity index (χ2n) is 7.88. The summed E-state index contributed by atoms with van der Waals surface area (Å²) in [4.78, 5) is 28.8. The SMILES string of the molecule is O=C(NCc1ccccc1)C(=O)NC[C@H](c1ccco1)N1CCN(c2ccccc2F)CC1. The first-order valence-electron chi connectivity index (χ1n) is 11.0. The highest BCUT2D eigenvalue weighted by Crippen LogP contribution is 2.25. The van der Waals surface area contributed by atoms with Gasteiger partial charge in [0.2, 0.25) is 0 Å². The van der Waals surface area contributed by atoms with E-state index in [4.69, 9.17) is 4.42 Å². The van der Waals surface area contributed by atoms with Crippen LogP contribution in [0.25, 0.3) is 0 Å². The first-order valence-corrected chi connectivity index (χ1v) is 11.0. The zero-order valence-corrected chi connectivity index (χ0v) is 18.2. The van der Waals surface area contributed by atoms with Crippen LogP contribution in [0.3, 0.4) is 0 Å². The number of furan rings is 1. The van der Waals surface area contributed by atoms with Crippen LogP contribution in [0.1, 0.15) is 17.4 Å². The molecular formula is C25H27FN4O3. The van der Waals surface area contributed by atoms with E-state index in [0.717, 1.165) is 5.56 Å². The summed E-state index contributed by atoms with van der Waals surface area (Å²) in [5.41, 5.74) is 1.51. The lowest BCUT2D eigenvalue weighted by molar-refractivity contribution is -0.139. The molecule has 0 bridgehead atoms. The molecule has 3 aromatic rings. The van der Waals surface area contributed by atoms with Crippen LogP contribution in [0.5, 0.6) is 0 Å². The van der Waals surface area contributed by atoms with E-state index >= 15 is 0 Å². The number of carbonyl (C=O) groups excluding carboxylic acids is 2. The molecule has 0 spiro atoms. The molecule has 7 nitrogen and oxygen atoms in total. The smallest absolute Gasteiger partial charge is 0.309 e. The standard InChI is InChI=1S/C25H27FN4O3/c26-20-9-4-5-10-21(20)29-12-14-30(15-13-29)22(23-11-6-16-33-23)18-28-25(32)24(31)27-17-19-7-2-1-3-8-19/h1-11,16,22H,12-15,17-18H2,(H,27,31)(H,28,32)/t22-/m1/s1. The molecule has 0 unspecified atom stereocenters. The quantitative estimate of drug-likeness (QED) is 0.542. The fourth-order valence-corrected chi connectivity index (χ4v) is 4.00. The largest absolute Gasteiger partial charge is 0.468 e. The Morgan fingerprint density at radius 1 is 0.879 bits per heavy atom. The Bertz CT molecular complexity index is 1050. The van der Waals surface area contributed by atoms with Gasteiger partial charge >= 0.3 is 11.8 Å². The number of rotatable bonds is 7. The molecule has 0 saturated carbocycles. The molecule has 1 atom stereocenters. The Labute approximate surface area is 192 Å². The lowest BCUT2D eigenvalue weighted by atomic mass is 10.1. The van der Waals surface area contributed by atoms with Gasteiger partial charge in [0.15, 0.2) is 0 Å². The highest BCUT2D eigenvalue weighted by Gasteiger charge is 2.28. The minimum Gasteiger partial charge on any atom is -0.468 e. The molecule has 1 aromatic heterocycles. The van der Waals surface area contributed by atoms with Gasteiger partial charge in [0.1, 0.15) is 11.6 Å².